The van der Waals surface area contributed by atoms with Gasteiger partial charge < -0.3 is 42.7 Å². The highest BCUT2D eigenvalue weighted by atomic mass is 16.4. The summed E-state index contributed by atoms with van der Waals surface area (Å²) in [7, 11) is 0. The lowest BCUT2D eigenvalue weighted by atomic mass is 10.1. The summed E-state index contributed by atoms with van der Waals surface area (Å²) < 4.78 is 0. The van der Waals surface area contributed by atoms with Crippen LogP contribution < -0.4 is 27.4 Å². The summed E-state index contributed by atoms with van der Waals surface area (Å²) in [5.41, 5.74) is 10.5. The van der Waals surface area contributed by atoms with Crippen molar-refractivity contribution >= 4 is 35.6 Å². The number of carbonyl (C=O) groups excluding carboxylic acids is 4. The van der Waals surface area contributed by atoms with Crippen LogP contribution in [-0.4, -0.2) is 81.7 Å². The molecule has 0 aliphatic carbocycles. The molecule has 10 N–H and O–H groups in total. The van der Waals surface area contributed by atoms with E-state index in [1.165, 1.54) is 6.92 Å². The van der Waals surface area contributed by atoms with Crippen molar-refractivity contribution in [1.29, 1.82) is 0 Å². The summed E-state index contributed by atoms with van der Waals surface area (Å²) in [4.78, 5) is 68.9. The van der Waals surface area contributed by atoms with Gasteiger partial charge in [0.1, 0.15) is 24.7 Å². The molecule has 14 heteroatoms. The molecule has 0 spiro atoms. The summed E-state index contributed by atoms with van der Waals surface area (Å²) in [6, 6.07) is -4.48. The lowest BCUT2D eigenvalue weighted by Gasteiger charge is -2.23. The molecule has 0 aliphatic heterocycles. The second kappa shape index (κ2) is 12.2. The Morgan fingerprint density at radius 1 is 0.897 bits per heavy atom. The van der Waals surface area contributed by atoms with Crippen LogP contribution in [0.5, 0.6) is 0 Å². The highest BCUT2D eigenvalue weighted by Gasteiger charge is 2.30. The van der Waals surface area contributed by atoms with Crippen molar-refractivity contribution in [1.82, 2.24) is 16.0 Å². The number of aliphatic carboxylic acids is 2. The normalized spacial score (nSPS) is 14.6. The Morgan fingerprint density at radius 3 is 1.90 bits per heavy atom. The second-order valence-electron chi connectivity index (χ2n) is 6.10. The van der Waals surface area contributed by atoms with Gasteiger partial charge in [-0.25, -0.2) is 0 Å². The molecule has 4 atom stereocenters. The number of nitrogens with two attached hydrogens (primary N) is 2. The second-order valence-corrected chi connectivity index (χ2v) is 6.10. The highest BCUT2D eigenvalue weighted by Crippen LogP contribution is 2.02. The third-order valence-electron chi connectivity index (χ3n) is 3.56. The van der Waals surface area contributed by atoms with Gasteiger partial charge in [-0.2, -0.15) is 0 Å². The zero-order valence-corrected chi connectivity index (χ0v) is 15.6. The summed E-state index contributed by atoms with van der Waals surface area (Å²) in [5.74, 6) is -6.70. The third-order valence-corrected chi connectivity index (χ3v) is 3.56. The van der Waals surface area contributed by atoms with E-state index in [0.29, 0.717) is 0 Å². The van der Waals surface area contributed by atoms with Crippen molar-refractivity contribution in [2.24, 2.45) is 11.5 Å². The molecule has 0 aromatic heterocycles. The predicted molar refractivity (Wildman–Crippen MR) is 94.8 cm³/mol. The van der Waals surface area contributed by atoms with Crippen LogP contribution in [0.4, 0.5) is 0 Å². The van der Waals surface area contributed by atoms with Crippen LogP contribution >= 0.6 is 0 Å². The fourth-order valence-corrected chi connectivity index (χ4v) is 1.98. The molecule has 0 heterocycles. The van der Waals surface area contributed by atoms with Crippen LogP contribution in [0.15, 0.2) is 0 Å². The Balaban J connectivity index is 5.34. The molecule has 0 aliphatic rings. The number of amides is 4. The number of nitrogens with one attached hydrogen (secondary N) is 3. The number of aliphatic hydroxyl groups excluding tert-OH is 1. The van der Waals surface area contributed by atoms with Gasteiger partial charge in [-0.15, -0.1) is 0 Å². The smallest absolute Gasteiger partial charge is 0.322 e. The molecule has 0 rings (SSSR count). The first-order valence-electron chi connectivity index (χ1n) is 8.39. The highest BCUT2D eigenvalue weighted by molar-refractivity contribution is 5.95. The van der Waals surface area contributed by atoms with Crippen LogP contribution in [0.3, 0.4) is 0 Å². The first kappa shape index (κ1) is 25.7. The van der Waals surface area contributed by atoms with Crippen LogP contribution in [-0.2, 0) is 28.8 Å². The first-order chi connectivity index (χ1) is 13.3. The van der Waals surface area contributed by atoms with Crippen molar-refractivity contribution in [3.05, 3.63) is 0 Å². The van der Waals surface area contributed by atoms with Gasteiger partial charge in [-0.05, 0) is 13.3 Å². The van der Waals surface area contributed by atoms with Gasteiger partial charge in [0, 0.05) is 6.42 Å². The third kappa shape index (κ3) is 10.6. The molecule has 0 bridgehead atoms. The fraction of sp³-hybridized carbons (Fsp3) is 0.600. The van der Waals surface area contributed by atoms with Crippen LogP contribution in [0, 0.1) is 0 Å². The van der Waals surface area contributed by atoms with Gasteiger partial charge in [0.05, 0.1) is 12.5 Å². The van der Waals surface area contributed by atoms with E-state index in [1.54, 1.807) is 0 Å². The van der Waals surface area contributed by atoms with Crippen molar-refractivity contribution in [2.75, 3.05) is 6.54 Å². The minimum absolute atomic E-state index is 0.296. The van der Waals surface area contributed by atoms with E-state index in [1.807, 2.05) is 5.32 Å². The fourth-order valence-electron chi connectivity index (χ4n) is 1.98. The number of carbonyl (C=O) groups is 6. The van der Waals surface area contributed by atoms with Gasteiger partial charge in [-0.3, -0.25) is 28.8 Å². The number of carboxylic acid groups (broad SMARTS) is 2. The Hall–Kier alpha value is -3.26. The molecule has 164 valence electrons. The SMILES string of the molecule is CC(O)C(N)C(=O)NC(CCC(N)=O)C(=O)NC(CC(=O)O)C(=O)NCC(=O)O. The lowest BCUT2D eigenvalue weighted by molar-refractivity contribution is -0.141. The van der Waals surface area contributed by atoms with Crippen LogP contribution in [0.1, 0.15) is 26.2 Å². The molecule has 29 heavy (non-hydrogen) atoms. The lowest BCUT2D eigenvalue weighted by Crippen LogP contribution is -2.57. The minimum atomic E-state index is -1.65. The van der Waals surface area contributed by atoms with E-state index in [-0.39, 0.29) is 12.8 Å². The monoisotopic (exact) mass is 419 g/mol. The zero-order valence-electron chi connectivity index (χ0n) is 15.6. The van der Waals surface area contributed by atoms with Crippen LogP contribution in [0.25, 0.3) is 0 Å². The largest absolute Gasteiger partial charge is 0.481 e. The Bertz CT molecular complexity index is 652. The average molecular weight is 419 g/mol. The maximum Gasteiger partial charge on any atom is 0.322 e. The Morgan fingerprint density at radius 2 is 1.45 bits per heavy atom. The summed E-state index contributed by atoms with van der Waals surface area (Å²) in [6.45, 7) is 0.425. The van der Waals surface area contributed by atoms with Crippen LogP contribution in [0.2, 0.25) is 0 Å². The predicted octanol–water partition coefficient (Wildman–Crippen LogP) is -4.39. The summed E-state index contributed by atoms with van der Waals surface area (Å²) in [5, 5.41) is 33.0. The van der Waals surface area contributed by atoms with Gasteiger partial charge in [0.2, 0.25) is 23.6 Å². The van der Waals surface area contributed by atoms with Crippen molar-refractivity contribution in [3.63, 3.8) is 0 Å². The average Bonchev–Trinajstić information content (AvgIpc) is 2.60. The number of carboxylic acids is 2. The number of hydrogen-bond acceptors (Lipinski definition) is 8. The topological polar surface area (TPSA) is 251 Å². The van der Waals surface area contributed by atoms with E-state index < -0.39 is 72.8 Å². The van der Waals surface area contributed by atoms with E-state index in [2.05, 4.69) is 10.6 Å². The van der Waals surface area contributed by atoms with Crippen molar-refractivity contribution in [3.8, 4) is 0 Å². The van der Waals surface area contributed by atoms with Crippen molar-refractivity contribution in [2.45, 2.75) is 50.4 Å². The van der Waals surface area contributed by atoms with E-state index >= 15 is 0 Å². The molecule has 0 fully saturated rings. The maximum absolute atomic E-state index is 12.4. The molecule has 14 nitrogen and oxygen atoms in total. The number of aliphatic hydroxyl groups is 1. The molecule has 0 radical (unpaired) electrons. The molecule has 0 aromatic carbocycles. The summed E-state index contributed by atoms with van der Waals surface area (Å²) >= 11 is 0. The summed E-state index contributed by atoms with van der Waals surface area (Å²) in [6.07, 6.45) is -2.76. The molecule has 4 unspecified atom stereocenters. The maximum atomic E-state index is 12.4. The van der Waals surface area contributed by atoms with Crippen molar-refractivity contribution < 1.29 is 44.1 Å². The van der Waals surface area contributed by atoms with Gasteiger partial charge >= 0.3 is 11.9 Å². The number of rotatable bonds is 13. The molecule has 4 amide bonds. The number of hydrogen-bond donors (Lipinski definition) is 8. The molecular formula is C15H25N5O9. The molecule has 0 saturated heterocycles. The van der Waals surface area contributed by atoms with Gasteiger partial charge in [0.15, 0.2) is 0 Å². The quantitative estimate of drug-likeness (QED) is 0.142. The van der Waals surface area contributed by atoms with Gasteiger partial charge in [-0.1, -0.05) is 0 Å². The van der Waals surface area contributed by atoms with Gasteiger partial charge in [0.25, 0.3) is 0 Å². The standard InChI is InChI=1S/C15H25N5O9/c1-6(21)12(17)15(29)19-7(2-3-9(16)22)14(28)20-8(4-10(23)24)13(27)18-5-11(25)26/h6-8,12,21H,2-5,17H2,1H3,(H2,16,22)(H,18,27)(H,19,29)(H,20,28)(H,23,24)(H,25,26). The Labute approximate surface area is 165 Å². The molecule has 0 aromatic rings. The van der Waals surface area contributed by atoms with E-state index in [4.69, 9.17) is 21.7 Å². The molecular weight excluding hydrogens is 394 g/mol. The number of primary amides is 1. The van der Waals surface area contributed by atoms with E-state index in [9.17, 15) is 33.9 Å². The zero-order chi connectivity index (χ0) is 22.7. The minimum Gasteiger partial charge on any atom is -0.481 e. The Kier molecular flexibility index (Phi) is 10.9. The molecule has 0 saturated carbocycles. The first-order valence-corrected chi connectivity index (χ1v) is 8.39. The van der Waals surface area contributed by atoms with E-state index in [0.717, 1.165) is 0 Å².